The second kappa shape index (κ2) is 26.9. The summed E-state index contributed by atoms with van der Waals surface area (Å²) < 4.78 is 21.3. The highest BCUT2D eigenvalue weighted by Crippen LogP contribution is 2.44. The first kappa shape index (κ1) is 51.1. The van der Waals surface area contributed by atoms with Crippen molar-refractivity contribution < 1.29 is 57.6 Å². The molecule has 3 aromatic carbocycles. The van der Waals surface area contributed by atoms with Crippen LogP contribution in [0.3, 0.4) is 0 Å². The van der Waals surface area contributed by atoms with Gasteiger partial charge in [-0.25, -0.2) is 9.59 Å². The van der Waals surface area contributed by atoms with Gasteiger partial charge in [0, 0.05) is 37.5 Å². The molecule has 9 N–H and O–H groups in total. The van der Waals surface area contributed by atoms with Crippen molar-refractivity contribution in [3.63, 3.8) is 0 Å². The molecule has 3 atom stereocenters. The van der Waals surface area contributed by atoms with Gasteiger partial charge in [-0.1, -0.05) is 74.5 Å². The number of urea groups is 1. The van der Waals surface area contributed by atoms with Crippen molar-refractivity contribution in [1.29, 1.82) is 0 Å². The van der Waals surface area contributed by atoms with Crippen molar-refractivity contribution in [3.8, 4) is 11.1 Å². The van der Waals surface area contributed by atoms with Crippen LogP contribution in [-0.4, -0.2) is 118 Å². The van der Waals surface area contributed by atoms with Crippen LogP contribution in [0, 0.1) is 5.92 Å². The number of aliphatic hydroxyl groups is 1. The van der Waals surface area contributed by atoms with Crippen LogP contribution in [0.2, 0.25) is 0 Å². The van der Waals surface area contributed by atoms with E-state index >= 15 is 0 Å². The number of carbonyl (C=O) groups is 7. The molecule has 0 aromatic heterocycles. The van der Waals surface area contributed by atoms with Crippen LogP contribution in [-0.2, 0) is 49.5 Å². The standard InChI is InChI=1S/C46H61N7O12/c1-29(2)41(44(59)52-37(13-8-21-48-45(47)60)42(57)50-31-16-14-30(27-54)15-17-31)53-43(58)38(18-19-40(56)62-3)51-39(55)20-23-63-25-26-64-24-22-49-46(61)65-28-36-34-11-6-4-9-32(34)33-10-5-7-12-35(33)36/h4-7,9-12,14-17,29,36-38,41,54H,8,13,18-28H2,1-3H3,(H,49,61)(H,50,57)(H,51,55)(H,52,59)(H,53,58)(H3,47,48,60)/t37-,38+,41-/m0/s1. The fourth-order valence-electron chi connectivity index (χ4n) is 7.02. The van der Waals surface area contributed by atoms with Gasteiger partial charge in [0.05, 0.1) is 40.1 Å². The van der Waals surface area contributed by atoms with Crippen LogP contribution in [0.1, 0.15) is 68.6 Å². The molecule has 1 aliphatic rings. The number of fused-ring (bicyclic) bond motifs is 3. The van der Waals surface area contributed by atoms with Crippen LogP contribution < -0.4 is 37.6 Å². The molecule has 4 rings (SSSR count). The van der Waals surface area contributed by atoms with E-state index in [1.807, 2.05) is 36.4 Å². The average Bonchev–Trinajstić information content (AvgIpc) is 3.62. The first-order chi connectivity index (χ1) is 31.3. The lowest BCUT2D eigenvalue weighted by molar-refractivity contribution is -0.141. The number of aliphatic hydroxyl groups excluding tert-OH is 1. The lowest BCUT2D eigenvalue weighted by Gasteiger charge is -2.27. The molecule has 7 amide bonds. The quantitative estimate of drug-likeness (QED) is 0.0405. The third-order valence-electron chi connectivity index (χ3n) is 10.5. The van der Waals surface area contributed by atoms with Crippen LogP contribution in [0.25, 0.3) is 11.1 Å². The maximum atomic E-state index is 13.7. The number of methoxy groups -OCH3 is 1. The topological polar surface area (TPSA) is 275 Å². The van der Waals surface area contributed by atoms with Gasteiger partial charge in [-0.15, -0.1) is 0 Å². The van der Waals surface area contributed by atoms with Gasteiger partial charge < -0.3 is 61.7 Å². The van der Waals surface area contributed by atoms with Gasteiger partial charge >= 0.3 is 18.1 Å². The first-order valence-corrected chi connectivity index (χ1v) is 21.6. The smallest absolute Gasteiger partial charge is 0.407 e. The molecule has 65 heavy (non-hydrogen) atoms. The SMILES string of the molecule is COC(=O)CC[C@@H](NC(=O)CCOCCOCCNC(=O)OCC1c2ccccc2-c2ccccc21)C(=O)N[C@H](C(=O)N[C@@H](CCCNC(N)=O)C(=O)Nc1ccc(CO)cc1)C(C)C. The monoisotopic (exact) mass is 903 g/mol. The molecular weight excluding hydrogens is 843 g/mol. The number of nitrogens with one attached hydrogen (secondary N) is 6. The molecule has 0 bridgehead atoms. The Kier molecular flexibility index (Phi) is 21.1. The Labute approximate surface area is 378 Å². The molecule has 1 aliphatic carbocycles. The first-order valence-electron chi connectivity index (χ1n) is 21.6. The number of primary amides is 1. The zero-order valence-corrected chi connectivity index (χ0v) is 37.0. The van der Waals surface area contributed by atoms with Gasteiger partial charge in [0.15, 0.2) is 0 Å². The van der Waals surface area contributed by atoms with E-state index < -0.39 is 65.8 Å². The molecule has 352 valence electrons. The zero-order chi connectivity index (χ0) is 47.1. The number of alkyl carbamates (subject to hydrolysis) is 1. The third kappa shape index (κ3) is 16.8. The van der Waals surface area contributed by atoms with Crippen LogP contribution in [0.4, 0.5) is 15.3 Å². The van der Waals surface area contributed by atoms with E-state index in [0.29, 0.717) is 11.3 Å². The number of carbonyl (C=O) groups excluding carboxylic acids is 7. The summed E-state index contributed by atoms with van der Waals surface area (Å²) >= 11 is 0. The van der Waals surface area contributed by atoms with Gasteiger partial charge in [0.1, 0.15) is 24.7 Å². The summed E-state index contributed by atoms with van der Waals surface area (Å²) in [5.74, 6) is -3.70. The van der Waals surface area contributed by atoms with Gasteiger partial charge in [0.25, 0.3) is 0 Å². The summed E-state index contributed by atoms with van der Waals surface area (Å²) in [7, 11) is 1.19. The second-order valence-corrected chi connectivity index (χ2v) is 15.5. The number of anilines is 1. The highest BCUT2D eigenvalue weighted by molar-refractivity contribution is 5.99. The Bertz CT molecular complexity index is 2020. The lowest BCUT2D eigenvalue weighted by Crippen LogP contribution is -2.58. The summed E-state index contributed by atoms with van der Waals surface area (Å²) in [6.45, 7) is 4.24. The molecule has 3 aromatic rings. The molecule has 0 radical (unpaired) electrons. The van der Waals surface area contributed by atoms with Crippen LogP contribution in [0.15, 0.2) is 72.8 Å². The average molecular weight is 904 g/mol. The summed E-state index contributed by atoms with van der Waals surface area (Å²) in [4.78, 5) is 89.3. The maximum absolute atomic E-state index is 13.7. The van der Waals surface area contributed by atoms with Gasteiger partial charge in [0.2, 0.25) is 23.6 Å². The molecule has 0 heterocycles. The molecule has 0 spiro atoms. The zero-order valence-electron chi connectivity index (χ0n) is 37.0. The van der Waals surface area contributed by atoms with E-state index in [4.69, 9.17) is 24.7 Å². The largest absolute Gasteiger partial charge is 0.469 e. The van der Waals surface area contributed by atoms with Gasteiger partial charge in [-0.05, 0) is 65.1 Å². The molecular formula is C46H61N7O12. The number of hydrogen-bond donors (Lipinski definition) is 8. The number of esters is 1. The number of ether oxygens (including phenoxy) is 4. The molecule has 19 nitrogen and oxygen atoms in total. The maximum Gasteiger partial charge on any atom is 0.407 e. The van der Waals surface area contributed by atoms with Crippen molar-refractivity contribution in [1.82, 2.24) is 26.6 Å². The minimum atomic E-state index is -1.23. The Balaban J connectivity index is 1.19. The Morgan fingerprint density at radius 3 is 1.94 bits per heavy atom. The number of amides is 7. The van der Waals surface area contributed by atoms with Crippen LogP contribution in [0.5, 0.6) is 0 Å². The van der Waals surface area contributed by atoms with Crippen molar-refractivity contribution >= 4 is 47.4 Å². The Morgan fingerprint density at radius 2 is 1.32 bits per heavy atom. The van der Waals surface area contributed by atoms with E-state index in [1.54, 1.807) is 38.1 Å². The van der Waals surface area contributed by atoms with E-state index in [0.717, 1.165) is 22.3 Å². The minimum Gasteiger partial charge on any atom is -0.469 e. The van der Waals surface area contributed by atoms with E-state index in [2.05, 4.69) is 44.0 Å². The fourth-order valence-corrected chi connectivity index (χ4v) is 7.02. The summed E-state index contributed by atoms with van der Waals surface area (Å²) in [5, 5.41) is 25.1. The Hall–Kier alpha value is -6.57. The highest BCUT2D eigenvalue weighted by Gasteiger charge is 2.32. The number of hydrogen-bond acceptors (Lipinski definition) is 12. The Morgan fingerprint density at radius 1 is 0.692 bits per heavy atom. The molecule has 0 unspecified atom stereocenters. The molecule has 0 saturated heterocycles. The molecule has 0 aliphatic heterocycles. The van der Waals surface area contributed by atoms with Crippen molar-refractivity contribution in [2.45, 2.75) is 76.6 Å². The summed E-state index contributed by atoms with van der Waals surface area (Å²) in [6, 6.07) is 18.4. The molecule has 0 fully saturated rings. The van der Waals surface area contributed by atoms with E-state index in [-0.39, 0.29) is 90.8 Å². The van der Waals surface area contributed by atoms with Gasteiger partial charge in [-0.3, -0.25) is 24.0 Å². The third-order valence-corrected chi connectivity index (χ3v) is 10.5. The highest BCUT2D eigenvalue weighted by atomic mass is 16.6. The minimum absolute atomic E-state index is 0.0143. The van der Waals surface area contributed by atoms with Crippen molar-refractivity contribution in [3.05, 3.63) is 89.5 Å². The molecule has 19 heteroatoms. The summed E-state index contributed by atoms with van der Waals surface area (Å²) in [6.07, 6.45) is -0.674. The fraction of sp³-hybridized carbons (Fsp3) is 0.457. The van der Waals surface area contributed by atoms with Crippen molar-refractivity contribution in [2.24, 2.45) is 11.7 Å². The number of rotatable bonds is 27. The lowest BCUT2D eigenvalue weighted by atomic mass is 9.98. The predicted octanol–water partition coefficient (Wildman–Crippen LogP) is 2.59. The second-order valence-electron chi connectivity index (χ2n) is 15.5. The molecule has 0 saturated carbocycles. The van der Waals surface area contributed by atoms with Crippen molar-refractivity contribution in [2.75, 3.05) is 58.6 Å². The van der Waals surface area contributed by atoms with Crippen LogP contribution >= 0.6 is 0 Å². The predicted molar refractivity (Wildman–Crippen MR) is 239 cm³/mol. The van der Waals surface area contributed by atoms with Gasteiger partial charge in [-0.2, -0.15) is 0 Å². The van der Waals surface area contributed by atoms with E-state index in [9.17, 15) is 38.7 Å². The number of benzene rings is 3. The normalized spacial score (nSPS) is 13.0. The summed E-state index contributed by atoms with van der Waals surface area (Å²) in [5.41, 5.74) is 10.7. The van der Waals surface area contributed by atoms with E-state index in [1.165, 1.54) is 7.11 Å². The number of nitrogens with two attached hydrogens (primary N) is 1.